The molecule has 1 amide bonds. The number of amides is 1. The summed E-state index contributed by atoms with van der Waals surface area (Å²) in [4.78, 5) is 20.0. The van der Waals surface area contributed by atoms with Gasteiger partial charge in [-0.2, -0.15) is 5.26 Å². The minimum atomic E-state index is 0.0590. The number of carbonyl (C=O) groups is 1. The van der Waals surface area contributed by atoms with Crippen LogP contribution in [0.1, 0.15) is 32.4 Å². The SMILES string of the molecule is CC1(C)CC(C(=O)Nc2ccc(Oc3nccnc3C#N)cc2)C1. The van der Waals surface area contributed by atoms with Gasteiger partial charge >= 0.3 is 0 Å². The van der Waals surface area contributed by atoms with E-state index in [-0.39, 0.29) is 28.8 Å². The second-order valence-corrected chi connectivity index (χ2v) is 6.71. The summed E-state index contributed by atoms with van der Waals surface area (Å²) in [6, 6.07) is 8.89. The molecular formula is C18H18N4O2. The van der Waals surface area contributed by atoms with Crippen molar-refractivity contribution in [2.24, 2.45) is 11.3 Å². The van der Waals surface area contributed by atoms with Crippen LogP contribution in [0.15, 0.2) is 36.7 Å². The lowest BCUT2D eigenvalue weighted by Crippen LogP contribution is -2.39. The Bertz CT molecular complexity index is 785. The Morgan fingerprint density at radius 2 is 1.92 bits per heavy atom. The van der Waals surface area contributed by atoms with Gasteiger partial charge < -0.3 is 10.1 Å². The van der Waals surface area contributed by atoms with Gasteiger partial charge in [0.25, 0.3) is 5.88 Å². The summed E-state index contributed by atoms with van der Waals surface area (Å²) >= 11 is 0. The average Bonchev–Trinajstić information content (AvgIpc) is 2.55. The number of aromatic nitrogens is 2. The predicted octanol–water partition coefficient (Wildman–Crippen LogP) is 3.52. The van der Waals surface area contributed by atoms with E-state index in [0.717, 1.165) is 18.5 Å². The van der Waals surface area contributed by atoms with Crippen LogP contribution in [0.5, 0.6) is 11.6 Å². The van der Waals surface area contributed by atoms with Gasteiger partial charge in [0.15, 0.2) is 0 Å². The quantitative estimate of drug-likeness (QED) is 0.930. The molecule has 3 rings (SSSR count). The maximum Gasteiger partial charge on any atom is 0.256 e. The minimum absolute atomic E-state index is 0.0590. The van der Waals surface area contributed by atoms with Crippen molar-refractivity contribution >= 4 is 11.6 Å². The molecule has 1 aliphatic carbocycles. The van der Waals surface area contributed by atoms with Crippen LogP contribution in [0.25, 0.3) is 0 Å². The summed E-state index contributed by atoms with van der Waals surface area (Å²) in [5, 5.41) is 11.9. The second kappa shape index (κ2) is 6.28. The van der Waals surface area contributed by atoms with Crippen LogP contribution in [0.4, 0.5) is 5.69 Å². The monoisotopic (exact) mass is 322 g/mol. The maximum atomic E-state index is 12.1. The van der Waals surface area contributed by atoms with Gasteiger partial charge in [-0.25, -0.2) is 9.97 Å². The highest BCUT2D eigenvalue weighted by Crippen LogP contribution is 2.45. The molecule has 24 heavy (non-hydrogen) atoms. The van der Waals surface area contributed by atoms with Crippen molar-refractivity contribution in [3.8, 4) is 17.7 Å². The van der Waals surface area contributed by atoms with Crippen molar-refractivity contribution in [2.75, 3.05) is 5.32 Å². The Labute approximate surface area is 140 Å². The van der Waals surface area contributed by atoms with Gasteiger partial charge in [0.2, 0.25) is 11.6 Å². The number of hydrogen-bond acceptors (Lipinski definition) is 5. The number of ether oxygens (including phenoxy) is 1. The average molecular weight is 322 g/mol. The normalized spacial score (nSPS) is 15.9. The fourth-order valence-corrected chi connectivity index (χ4v) is 2.90. The zero-order valence-corrected chi connectivity index (χ0v) is 13.6. The van der Waals surface area contributed by atoms with Crippen molar-refractivity contribution in [3.63, 3.8) is 0 Å². The number of nitrogens with zero attached hydrogens (tertiary/aromatic N) is 3. The molecule has 0 spiro atoms. The zero-order valence-electron chi connectivity index (χ0n) is 13.6. The lowest BCUT2D eigenvalue weighted by atomic mass is 9.64. The van der Waals surface area contributed by atoms with Crippen LogP contribution in [0.2, 0.25) is 0 Å². The third-order valence-corrected chi connectivity index (χ3v) is 4.08. The summed E-state index contributed by atoms with van der Waals surface area (Å²) in [7, 11) is 0. The number of nitriles is 1. The fourth-order valence-electron chi connectivity index (χ4n) is 2.90. The minimum Gasteiger partial charge on any atom is -0.436 e. The molecule has 0 unspecified atom stereocenters. The third kappa shape index (κ3) is 3.51. The lowest BCUT2D eigenvalue weighted by molar-refractivity contribution is -0.126. The van der Waals surface area contributed by atoms with E-state index in [1.165, 1.54) is 12.4 Å². The number of anilines is 1. The number of rotatable bonds is 4. The molecule has 0 radical (unpaired) electrons. The van der Waals surface area contributed by atoms with Gasteiger partial charge in [0.1, 0.15) is 11.8 Å². The number of nitrogens with one attached hydrogen (secondary N) is 1. The third-order valence-electron chi connectivity index (χ3n) is 4.08. The summed E-state index contributed by atoms with van der Waals surface area (Å²) in [6.45, 7) is 4.34. The van der Waals surface area contributed by atoms with Crippen LogP contribution >= 0.6 is 0 Å². The Morgan fingerprint density at radius 3 is 2.54 bits per heavy atom. The first-order chi connectivity index (χ1) is 11.5. The predicted molar refractivity (Wildman–Crippen MR) is 88.4 cm³/mol. The fraction of sp³-hybridized carbons (Fsp3) is 0.333. The van der Waals surface area contributed by atoms with Crippen molar-refractivity contribution in [1.29, 1.82) is 5.26 Å². The Kier molecular flexibility index (Phi) is 4.17. The van der Waals surface area contributed by atoms with Gasteiger partial charge in [-0.3, -0.25) is 4.79 Å². The van der Waals surface area contributed by atoms with Crippen LogP contribution in [-0.2, 0) is 4.79 Å². The van der Waals surface area contributed by atoms with Crippen LogP contribution < -0.4 is 10.1 Å². The summed E-state index contributed by atoms with van der Waals surface area (Å²) in [5.41, 5.74) is 1.12. The Morgan fingerprint density at radius 1 is 1.25 bits per heavy atom. The highest BCUT2D eigenvalue weighted by Gasteiger charge is 2.40. The van der Waals surface area contributed by atoms with Crippen LogP contribution in [0.3, 0.4) is 0 Å². The second-order valence-electron chi connectivity index (χ2n) is 6.71. The molecule has 1 aliphatic rings. The van der Waals surface area contributed by atoms with Gasteiger partial charge in [-0.05, 0) is 42.5 Å². The van der Waals surface area contributed by atoms with Gasteiger partial charge in [-0.15, -0.1) is 0 Å². The molecule has 122 valence electrons. The van der Waals surface area contributed by atoms with Crippen molar-refractivity contribution in [3.05, 3.63) is 42.4 Å². The van der Waals surface area contributed by atoms with E-state index in [1.54, 1.807) is 24.3 Å². The van der Waals surface area contributed by atoms with Gasteiger partial charge in [-0.1, -0.05) is 13.8 Å². The molecule has 0 aliphatic heterocycles. The standard InChI is InChI=1S/C18H18N4O2/c1-18(2)9-12(10-18)16(23)22-13-3-5-14(6-4-13)24-17-15(11-19)20-7-8-21-17/h3-8,12H,9-10H2,1-2H3,(H,22,23). The molecule has 1 fully saturated rings. The molecule has 0 atom stereocenters. The molecule has 1 saturated carbocycles. The van der Waals surface area contributed by atoms with Gasteiger partial charge in [0.05, 0.1) is 0 Å². The van der Waals surface area contributed by atoms with E-state index in [9.17, 15) is 4.79 Å². The first-order valence-corrected chi connectivity index (χ1v) is 7.77. The topological polar surface area (TPSA) is 87.9 Å². The van der Waals surface area contributed by atoms with E-state index in [4.69, 9.17) is 10.00 Å². The van der Waals surface area contributed by atoms with E-state index < -0.39 is 0 Å². The number of benzene rings is 1. The van der Waals surface area contributed by atoms with Crippen molar-refractivity contribution in [1.82, 2.24) is 9.97 Å². The highest BCUT2D eigenvalue weighted by atomic mass is 16.5. The Balaban J connectivity index is 1.62. The molecule has 0 bridgehead atoms. The number of carbonyl (C=O) groups excluding carboxylic acids is 1. The zero-order chi connectivity index (χ0) is 17.2. The molecule has 2 aromatic rings. The lowest BCUT2D eigenvalue weighted by Gasteiger charge is -2.41. The molecule has 1 aromatic heterocycles. The summed E-state index contributed by atoms with van der Waals surface area (Å²) < 4.78 is 5.56. The summed E-state index contributed by atoms with van der Waals surface area (Å²) in [5.74, 6) is 0.834. The molecule has 6 heteroatoms. The molecule has 1 N–H and O–H groups in total. The van der Waals surface area contributed by atoms with Crippen molar-refractivity contribution < 1.29 is 9.53 Å². The molecular weight excluding hydrogens is 304 g/mol. The van der Waals surface area contributed by atoms with E-state index >= 15 is 0 Å². The van der Waals surface area contributed by atoms with Crippen LogP contribution in [-0.4, -0.2) is 15.9 Å². The van der Waals surface area contributed by atoms with Crippen molar-refractivity contribution in [2.45, 2.75) is 26.7 Å². The van der Waals surface area contributed by atoms with Crippen LogP contribution in [0, 0.1) is 22.7 Å². The van der Waals surface area contributed by atoms with E-state index in [0.29, 0.717) is 5.75 Å². The first-order valence-electron chi connectivity index (χ1n) is 7.77. The first kappa shape index (κ1) is 15.9. The Hall–Kier alpha value is -2.94. The smallest absolute Gasteiger partial charge is 0.256 e. The number of hydrogen-bond donors (Lipinski definition) is 1. The molecule has 1 heterocycles. The van der Waals surface area contributed by atoms with E-state index in [1.807, 2.05) is 6.07 Å². The largest absolute Gasteiger partial charge is 0.436 e. The van der Waals surface area contributed by atoms with E-state index in [2.05, 4.69) is 29.1 Å². The highest BCUT2D eigenvalue weighted by molar-refractivity contribution is 5.93. The van der Waals surface area contributed by atoms with Gasteiger partial charge in [0, 0.05) is 24.0 Å². The summed E-state index contributed by atoms with van der Waals surface area (Å²) in [6.07, 6.45) is 4.74. The molecule has 1 aromatic carbocycles. The molecule has 0 saturated heterocycles. The maximum absolute atomic E-state index is 12.1. The molecule has 6 nitrogen and oxygen atoms in total.